The summed E-state index contributed by atoms with van der Waals surface area (Å²) in [6.45, 7) is 4.29. The lowest BCUT2D eigenvalue weighted by Gasteiger charge is -2.35. The summed E-state index contributed by atoms with van der Waals surface area (Å²) in [7, 11) is 4.24. The van der Waals surface area contributed by atoms with Gasteiger partial charge in [0.15, 0.2) is 0 Å². The van der Waals surface area contributed by atoms with E-state index in [0.717, 1.165) is 35.8 Å². The number of nitrogens with zero attached hydrogens (tertiary/aromatic N) is 3. The molecule has 1 aromatic rings. The molecule has 0 aliphatic carbocycles. The number of fused-ring (bicyclic) bond motifs is 2. The molecule has 2 fully saturated rings. The van der Waals surface area contributed by atoms with Gasteiger partial charge in [0.05, 0.1) is 0 Å². The Hall–Kier alpha value is -1.16. The van der Waals surface area contributed by atoms with Crippen molar-refractivity contribution in [2.24, 2.45) is 0 Å². The summed E-state index contributed by atoms with van der Waals surface area (Å²) in [4.78, 5) is 12.2. The van der Waals surface area contributed by atoms with Crippen molar-refractivity contribution in [2.45, 2.75) is 64.0 Å². The fourth-order valence-corrected chi connectivity index (χ4v) is 4.05. The number of anilines is 1. The van der Waals surface area contributed by atoms with Crippen LogP contribution in [0.15, 0.2) is 0 Å². The highest BCUT2D eigenvalue weighted by Gasteiger charge is 2.40. The summed E-state index contributed by atoms with van der Waals surface area (Å²) >= 11 is 0. The zero-order valence-corrected chi connectivity index (χ0v) is 13.1. The first-order valence-corrected chi connectivity index (χ1v) is 7.91. The number of piperidine rings is 1. The molecule has 0 aromatic carbocycles. The number of hydrogen-bond acceptors (Lipinski definition) is 4. The lowest BCUT2D eigenvalue weighted by Crippen LogP contribution is -2.39. The molecule has 0 amide bonds. The molecule has 4 heteroatoms. The Balaban J connectivity index is 1.90. The largest absolute Gasteiger partial charge is 0.373 e. The van der Waals surface area contributed by atoms with Crippen LogP contribution < -0.4 is 5.32 Å². The van der Waals surface area contributed by atoms with Gasteiger partial charge in [0, 0.05) is 36.3 Å². The van der Waals surface area contributed by atoms with Gasteiger partial charge in [-0.15, -0.1) is 0 Å². The van der Waals surface area contributed by atoms with Crippen molar-refractivity contribution in [3.05, 3.63) is 17.1 Å². The Kier molecular flexibility index (Phi) is 3.67. The van der Waals surface area contributed by atoms with E-state index in [-0.39, 0.29) is 0 Å². The Labute approximate surface area is 122 Å². The summed E-state index contributed by atoms with van der Waals surface area (Å²) in [5, 5.41) is 3.25. The molecule has 3 heterocycles. The molecule has 3 rings (SSSR count). The van der Waals surface area contributed by atoms with E-state index in [1.54, 1.807) is 0 Å². The topological polar surface area (TPSA) is 41.1 Å². The molecule has 0 saturated carbocycles. The van der Waals surface area contributed by atoms with Gasteiger partial charge in [-0.3, -0.25) is 0 Å². The zero-order valence-electron chi connectivity index (χ0n) is 13.1. The van der Waals surface area contributed by atoms with Crippen molar-refractivity contribution in [2.75, 3.05) is 19.4 Å². The number of nitrogens with one attached hydrogen (secondary N) is 1. The zero-order chi connectivity index (χ0) is 14.3. The molecule has 1 aromatic heterocycles. The van der Waals surface area contributed by atoms with Crippen LogP contribution >= 0.6 is 0 Å². The van der Waals surface area contributed by atoms with Crippen LogP contribution in [-0.4, -0.2) is 41.0 Å². The quantitative estimate of drug-likeness (QED) is 0.920. The van der Waals surface area contributed by atoms with Crippen LogP contribution in [0.5, 0.6) is 0 Å². The summed E-state index contributed by atoms with van der Waals surface area (Å²) in [5.74, 6) is 2.63. The lowest BCUT2D eigenvalue weighted by molar-refractivity contribution is 0.159. The number of rotatable bonds is 3. The predicted molar refractivity (Wildman–Crippen MR) is 82.2 cm³/mol. The maximum atomic E-state index is 4.83. The molecule has 0 radical (unpaired) electrons. The predicted octanol–water partition coefficient (Wildman–Crippen LogP) is 2.73. The highest BCUT2D eigenvalue weighted by Crippen LogP contribution is 2.41. The van der Waals surface area contributed by atoms with Crippen LogP contribution in [-0.2, 0) is 6.42 Å². The first kappa shape index (κ1) is 13.8. The van der Waals surface area contributed by atoms with Gasteiger partial charge in [0.1, 0.15) is 11.6 Å². The monoisotopic (exact) mass is 274 g/mol. The second-order valence-corrected chi connectivity index (χ2v) is 6.32. The molecule has 2 atom stereocenters. The summed E-state index contributed by atoms with van der Waals surface area (Å²) in [6, 6.07) is 1.48. The van der Waals surface area contributed by atoms with E-state index < -0.39 is 0 Å². The summed E-state index contributed by atoms with van der Waals surface area (Å²) in [6.07, 6.45) is 6.13. The first-order chi connectivity index (χ1) is 9.63. The van der Waals surface area contributed by atoms with Gasteiger partial charge in [0.2, 0.25) is 0 Å². The average molecular weight is 274 g/mol. The van der Waals surface area contributed by atoms with E-state index in [1.165, 1.54) is 31.2 Å². The molecule has 2 unspecified atom stereocenters. The van der Waals surface area contributed by atoms with Crippen molar-refractivity contribution in [1.82, 2.24) is 14.9 Å². The minimum absolute atomic E-state index is 0.542. The third-order valence-corrected chi connectivity index (χ3v) is 5.28. The third kappa shape index (κ3) is 2.20. The highest BCUT2D eigenvalue weighted by molar-refractivity contribution is 5.46. The Morgan fingerprint density at radius 3 is 2.40 bits per heavy atom. The average Bonchev–Trinajstić information content (AvgIpc) is 2.67. The van der Waals surface area contributed by atoms with E-state index in [0.29, 0.717) is 5.92 Å². The fourth-order valence-electron chi connectivity index (χ4n) is 4.05. The molecule has 20 heavy (non-hydrogen) atoms. The molecule has 1 N–H and O–H groups in total. The maximum Gasteiger partial charge on any atom is 0.134 e. The fraction of sp³-hybridized carbons (Fsp3) is 0.750. The van der Waals surface area contributed by atoms with Gasteiger partial charge in [0.25, 0.3) is 0 Å². The second kappa shape index (κ2) is 5.32. The van der Waals surface area contributed by atoms with Crippen LogP contribution in [0.4, 0.5) is 5.82 Å². The van der Waals surface area contributed by atoms with Gasteiger partial charge in [-0.05, 0) is 46.1 Å². The van der Waals surface area contributed by atoms with Crippen LogP contribution in [0.2, 0.25) is 0 Å². The van der Waals surface area contributed by atoms with Crippen LogP contribution in [0, 0.1) is 6.92 Å². The van der Waals surface area contributed by atoms with E-state index in [2.05, 4.69) is 31.1 Å². The van der Waals surface area contributed by atoms with Crippen molar-refractivity contribution < 1.29 is 0 Å². The van der Waals surface area contributed by atoms with Crippen LogP contribution in [0.1, 0.15) is 55.6 Å². The van der Waals surface area contributed by atoms with E-state index in [9.17, 15) is 0 Å². The van der Waals surface area contributed by atoms with Crippen molar-refractivity contribution in [3.8, 4) is 0 Å². The summed E-state index contributed by atoms with van der Waals surface area (Å²) < 4.78 is 0. The van der Waals surface area contributed by atoms with Gasteiger partial charge < -0.3 is 10.2 Å². The molecule has 110 valence electrons. The van der Waals surface area contributed by atoms with E-state index in [4.69, 9.17) is 9.97 Å². The molecular weight excluding hydrogens is 248 g/mol. The van der Waals surface area contributed by atoms with E-state index >= 15 is 0 Å². The van der Waals surface area contributed by atoms with Crippen molar-refractivity contribution >= 4 is 5.82 Å². The smallest absolute Gasteiger partial charge is 0.134 e. The van der Waals surface area contributed by atoms with Gasteiger partial charge in [-0.2, -0.15) is 0 Å². The molecule has 2 aliphatic heterocycles. The molecule has 4 nitrogen and oxygen atoms in total. The van der Waals surface area contributed by atoms with Gasteiger partial charge >= 0.3 is 0 Å². The van der Waals surface area contributed by atoms with Gasteiger partial charge in [-0.1, -0.05) is 6.92 Å². The standard InChI is InChI=1S/C16H26N4/c1-5-14-10(2)18-15(19-16(14)17-3)11-8-12-6-7-13(9-11)20(12)4/h11-13H,5-9H2,1-4H3,(H,17,18,19). The summed E-state index contributed by atoms with van der Waals surface area (Å²) in [5.41, 5.74) is 2.40. The van der Waals surface area contributed by atoms with Crippen molar-refractivity contribution in [1.29, 1.82) is 0 Å². The SMILES string of the molecule is CCc1c(C)nc(C2CC3CCC(C2)N3C)nc1NC. The second-order valence-electron chi connectivity index (χ2n) is 6.32. The Morgan fingerprint density at radius 2 is 1.85 bits per heavy atom. The number of hydrogen-bond donors (Lipinski definition) is 1. The Morgan fingerprint density at radius 1 is 1.20 bits per heavy atom. The number of aryl methyl sites for hydroxylation is 1. The normalized spacial score (nSPS) is 29.7. The minimum atomic E-state index is 0.542. The number of aromatic nitrogens is 2. The minimum Gasteiger partial charge on any atom is -0.373 e. The molecular formula is C16H26N4. The van der Waals surface area contributed by atoms with Crippen LogP contribution in [0.25, 0.3) is 0 Å². The van der Waals surface area contributed by atoms with Crippen LogP contribution in [0.3, 0.4) is 0 Å². The highest BCUT2D eigenvalue weighted by atomic mass is 15.2. The van der Waals surface area contributed by atoms with E-state index in [1.807, 2.05) is 7.05 Å². The molecule has 2 aliphatic rings. The first-order valence-electron chi connectivity index (χ1n) is 7.91. The lowest BCUT2D eigenvalue weighted by atomic mass is 9.90. The Bertz CT molecular complexity index is 485. The van der Waals surface area contributed by atoms with Crippen molar-refractivity contribution in [3.63, 3.8) is 0 Å². The molecule has 2 bridgehead atoms. The molecule has 2 saturated heterocycles. The maximum absolute atomic E-state index is 4.83. The third-order valence-electron chi connectivity index (χ3n) is 5.28. The molecule has 0 spiro atoms. The van der Waals surface area contributed by atoms with Gasteiger partial charge in [-0.25, -0.2) is 9.97 Å².